The summed E-state index contributed by atoms with van der Waals surface area (Å²) in [5.74, 6) is 0.0792. The van der Waals surface area contributed by atoms with E-state index < -0.39 is 0 Å². The van der Waals surface area contributed by atoms with Gasteiger partial charge in [0.15, 0.2) is 0 Å². The number of hydrogen-bond acceptors (Lipinski definition) is 2. The minimum atomic E-state index is 0.0792. The van der Waals surface area contributed by atoms with Gasteiger partial charge in [-0.3, -0.25) is 4.79 Å². The number of likely N-dealkylation sites (N-methyl/N-ethyl adjacent to an activating group) is 1. The Hall–Kier alpha value is -0.830. The lowest BCUT2D eigenvalue weighted by molar-refractivity contribution is -0.126. The molecular weight excluding hydrogens is 154 g/mol. The molecule has 0 saturated carbocycles. The third-order valence-corrected chi connectivity index (χ3v) is 1.83. The molecule has 3 heteroatoms. The van der Waals surface area contributed by atoms with Crippen LogP contribution in [0.4, 0.5) is 0 Å². The number of ether oxygens (including phenoxy) is 1. The van der Waals surface area contributed by atoms with Crippen LogP contribution >= 0.6 is 0 Å². The van der Waals surface area contributed by atoms with Gasteiger partial charge in [-0.15, -0.1) is 0 Å². The van der Waals surface area contributed by atoms with Gasteiger partial charge in [-0.25, -0.2) is 0 Å². The lowest BCUT2D eigenvalue weighted by atomic mass is 10.3. The first-order chi connectivity index (χ1) is 5.77. The summed E-state index contributed by atoms with van der Waals surface area (Å²) < 4.78 is 5.05. The first-order valence-corrected chi connectivity index (χ1v) is 4.31. The fourth-order valence-electron chi connectivity index (χ4n) is 1.04. The predicted molar refractivity (Wildman–Crippen MR) is 46.8 cm³/mol. The molecule has 0 aromatic rings. The van der Waals surface area contributed by atoms with E-state index in [4.69, 9.17) is 4.74 Å². The van der Waals surface area contributed by atoms with Crippen molar-refractivity contribution in [2.75, 3.05) is 19.7 Å². The molecule has 0 aromatic carbocycles. The summed E-state index contributed by atoms with van der Waals surface area (Å²) in [5.41, 5.74) is 0. The van der Waals surface area contributed by atoms with Crippen LogP contribution in [0, 0.1) is 0 Å². The Kier molecular flexibility index (Phi) is 3.29. The third kappa shape index (κ3) is 2.66. The van der Waals surface area contributed by atoms with Gasteiger partial charge in [-0.2, -0.15) is 0 Å². The molecule has 0 aromatic heterocycles. The van der Waals surface area contributed by atoms with E-state index in [1.165, 1.54) is 0 Å². The van der Waals surface area contributed by atoms with Gasteiger partial charge in [0.25, 0.3) is 0 Å². The molecule has 1 heterocycles. The number of nitrogens with zero attached hydrogens (tertiary/aromatic N) is 1. The zero-order valence-electron chi connectivity index (χ0n) is 7.62. The van der Waals surface area contributed by atoms with Crippen LogP contribution in [-0.4, -0.2) is 36.6 Å². The van der Waals surface area contributed by atoms with Crippen LogP contribution in [0.1, 0.15) is 13.8 Å². The van der Waals surface area contributed by atoms with Crippen molar-refractivity contribution in [2.45, 2.75) is 20.0 Å². The van der Waals surface area contributed by atoms with E-state index in [0.717, 1.165) is 19.7 Å². The summed E-state index contributed by atoms with van der Waals surface area (Å²) in [6.45, 7) is 6.12. The maximum atomic E-state index is 11.3. The average molecular weight is 169 g/mol. The van der Waals surface area contributed by atoms with Crippen LogP contribution < -0.4 is 0 Å². The molecule has 68 valence electrons. The summed E-state index contributed by atoms with van der Waals surface area (Å²) in [6.07, 6.45) is 3.64. The van der Waals surface area contributed by atoms with Crippen LogP contribution in [0.25, 0.3) is 0 Å². The predicted octanol–water partition coefficient (Wildman–Crippen LogP) is 0.810. The molecular formula is C9H15NO2. The van der Waals surface area contributed by atoms with Gasteiger partial charge in [0.05, 0.1) is 12.7 Å². The SMILES string of the molecule is CC=CC(=O)N(CC)CC1CO1. The van der Waals surface area contributed by atoms with E-state index in [9.17, 15) is 4.79 Å². The second-order valence-electron chi connectivity index (χ2n) is 2.83. The van der Waals surface area contributed by atoms with Crippen LogP contribution in [0.3, 0.4) is 0 Å². The number of carbonyl (C=O) groups is 1. The molecule has 0 N–H and O–H groups in total. The van der Waals surface area contributed by atoms with Crippen molar-refractivity contribution < 1.29 is 9.53 Å². The maximum absolute atomic E-state index is 11.3. The quantitative estimate of drug-likeness (QED) is 0.461. The van der Waals surface area contributed by atoms with Gasteiger partial charge in [-0.05, 0) is 19.9 Å². The molecule has 1 unspecified atom stereocenters. The molecule has 1 aliphatic heterocycles. The number of allylic oxidation sites excluding steroid dienone is 1. The Morgan fingerprint density at radius 2 is 2.42 bits per heavy atom. The smallest absolute Gasteiger partial charge is 0.246 e. The fraction of sp³-hybridized carbons (Fsp3) is 0.667. The minimum absolute atomic E-state index is 0.0792. The average Bonchev–Trinajstić information content (AvgIpc) is 2.84. The number of carbonyl (C=O) groups excluding carboxylic acids is 1. The molecule has 1 atom stereocenters. The lowest BCUT2D eigenvalue weighted by Gasteiger charge is -2.17. The van der Waals surface area contributed by atoms with Gasteiger partial charge in [-0.1, -0.05) is 6.08 Å². The molecule has 0 aliphatic carbocycles. The van der Waals surface area contributed by atoms with Crippen LogP contribution in [0.5, 0.6) is 0 Å². The summed E-state index contributed by atoms with van der Waals surface area (Å²) in [4.78, 5) is 13.1. The van der Waals surface area contributed by atoms with Gasteiger partial charge >= 0.3 is 0 Å². The molecule has 1 aliphatic rings. The number of rotatable bonds is 4. The number of amides is 1. The summed E-state index contributed by atoms with van der Waals surface area (Å²) in [5, 5.41) is 0. The molecule has 12 heavy (non-hydrogen) atoms. The second kappa shape index (κ2) is 4.26. The molecule has 1 saturated heterocycles. The molecule has 1 rings (SSSR count). The van der Waals surface area contributed by atoms with Gasteiger partial charge in [0.2, 0.25) is 5.91 Å². The number of epoxide rings is 1. The first kappa shape index (κ1) is 9.26. The Morgan fingerprint density at radius 1 is 1.75 bits per heavy atom. The molecule has 0 radical (unpaired) electrons. The lowest BCUT2D eigenvalue weighted by Crippen LogP contribution is -2.32. The first-order valence-electron chi connectivity index (χ1n) is 4.31. The highest BCUT2D eigenvalue weighted by Gasteiger charge is 2.26. The molecule has 3 nitrogen and oxygen atoms in total. The van der Waals surface area contributed by atoms with E-state index in [1.54, 1.807) is 17.1 Å². The van der Waals surface area contributed by atoms with E-state index in [1.807, 2.05) is 13.8 Å². The Morgan fingerprint density at radius 3 is 2.83 bits per heavy atom. The highest BCUT2D eigenvalue weighted by Crippen LogP contribution is 2.10. The normalized spacial score (nSPS) is 21.3. The molecule has 0 bridgehead atoms. The van der Waals surface area contributed by atoms with E-state index in [0.29, 0.717) is 6.10 Å². The second-order valence-corrected chi connectivity index (χ2v) is 2.83. The van der Waals surface area contributed by atoms with E-state index >= 15 is 0 Å². The highest BCUT2D eigenvalue weighted by atomic mass is 16.6. The van der Waals surface area contributed by atoms with Gasteiger partial charge < -0.3 is 9.64 Å². The van der Waals surface area contributed by atoms with Crippen molar-refractivity contribution in [2.24, 2.45) is 0 Å². The number of hydrogen-bond donors (Lipinski definition) is 0. The van der Waals surface area contributed by atoms with Gasteiger partial charge in [0.1, 0.15) is 0 Å². The monoisotopic (exact) mass is 169 g/mol. The zero-order valence-corrected chi connectivity index (χ0v) is 7.62. The van der Waals surface area contributed by atoms with Crippen molar-refractivity contribution in [3.8, 4) is 0 Å². The molecule has 1 fully saturated rings. The maximum Gasteiger partial charge on any atom is 0.246 e. The third-order valence-electron chi connectivity index (χ3n) is 1.83. The molecule has 1 amide bonds. The van der Waals surface area contributed by atoms with Gasteiger partial charge in [0, 0.05) is 13.1 Å². The fourth-order valence-corrected chi connectivity index (χ4v) is 1.04. The van der Waals surface area contributed by atoms with Crippen molar-refractivity contribution >= 4 is 5.91 Å². The van der Waals surface area contributed by atoms with E-state index in [2.05, 4.69) is 0 Å². The minimum Gasteiger partial charge on any atom is -0.371 e. The Labute approximate surface area is 73.0 Å². The summed E-state index contributed by atoms with van der Waals surface area (Å²) in [7, 11) is 0. The van der Waals surface area contributed by atoms with Crippen LogP contribution in [-0.2, 0) is 9.53 Å². The Balaban J connectivity index is 2.36. The highest BCUT2D eigenvalue weighted by molar-refractivity contribution is 5.87. The molecule has 0 spiro atoms. The summed E-state index contributed by atoms with van der Waals surface area (Å²) >= 11 is 0. The van der Waals surface area contributed by atoms with Crippen molar-refractivity contribution in [3.63, 3.8) is 0 Å². The van der Waals surface area contributed by atoms with Crippen molar-refractivity contribution in [1.29, 1.82) is 0 Å². The summed E-state index contributed by atoms with van der Waals surface area (Å²) in [6, 6.07) is 0. The zero-order chi connectivity index (χ0) is 8.97. The van der Waals surface area contributed by atoms with Crippen molar-refractivity contribution in [3.05, 3.63) is 12.2 Å². The van der Waals surface area contributed by atoms with E-state index in [-0.39, 0.29) is 5.91 Å². The largest absolute Gasteiger partial charge is 0.371 e. The topological polar surface area (TPSA) is 32.8 Å². The van der Waals surface area contributed by atoms with Crippen LogP contribution in [0.2, 0.25) is 0 Å². The standard InChI is InChI=1S/C9H15NO2/c1-3-5-9(11)10(4-2)6-8-7-12-8/h3,5,8H,4,6-7H2,1-2H3. The van der Waals surface area contributed by atoms with Crippen LogP contribution in [0.15, 0.2) is 12.2 Å². The Bertz CT molecular complexity index is 185. The van der Waals surface area contributed by atoms with Crippen molar-refractivity contribution in [1.82, 2.24) is 4.90 Å².